The molecule has 2 nitrogen and oxygen atoms in total. The van der Waals surface area contributed by atoms with Gasteiger partial charge in [-0.05, 0) is 30.7 Å². The molecule has 2 aromatic rings. The Morgan fingerprint density at radius 1 is 1.20 bits per heavy atom. The number of rotatable bonds is 5. The van der Waals surface area contributed by atoms with Gasteiger partial charge in [-0.15, -0.1) is 11.8 Å². The minimum Gasteiger partial charge on any atom is -0.494 e. The lowest BCUT2D eigenvalue weighted by Crippen LogP contribution is -1.93. The SMILES string of the molecule is COc1cccc(CSc2ccc(C(C)O)cc2)c1F. The number of hydrogen-bond acceptors (Lipinski definition) is 3. The maximum Gasteiger partial charge on any atom is 0.169 e. The molecule has 0 spiro atoms. The van der Waals surface area contributed by atoms with Crippen molar-refractivity contribution in [2.75, 3.05) is 7.11 Å². The van der Waals surface area contributed by atoms with Crippen LogP contribution in [0.3, 0.4) is 0 Å². The lowest BCUT2D eigenvalue weighted by Gasteiger charge is -2.08. The zero-order valence-corrected chi connectivity index (χ0v) is 12.3. The van der Waals surface area contributed by atoms with E-state index in [1.807, 2.05) is 24.3 Å². The van der Waals surface area contributed by atoms with E-state index in [9.17, 15) is 9.50 Å². The van der Waals surface area contributed by atoms with Gasteiger partial charge in [-0.1, -0.05) is 24.3 Å². The van der Waals surface area contributed by atoms with E-state index in [0.717, 1.165) is 10.5 Å². The number of aliphatic hydroxyl groups is 1. The Labute approximate surface area is 122 Å². The first kappa shape index (κ1) is 14.9. The second-order valence-electron chi connectivity index (χ2n) is 4.47. The first-order valence-electron chi connectivity index (χ1n) is 6.34. The number of hydrogen-bond donors (Lipinski definition) is 1. The number of halogens is 1. The highest BCUT2D eigenvalue weighted by Gasteiger charge is 2.08. The summed E-state index contributed by atoms with van der Waals surface area (Å²) in [6.07, 6.45) is -0.468. The van der Waals surface area contributed by atoms with Gasteiger partial charge in [0.15, 0.2) is 11.6 Å². The fourth-order valence-electron chi connectivity index (χ4n) is 1.83. The van der Waals surface area contributed by atoms with Crippen molar-refractivity contribution in [2.45, 2.75) is 23.7 Å². The van der Waals surface area contributed by atoms with Gasteiger partial charge in [-0.2, -0.15) is 0 Å². The van der Waals surface area contributed by atoms with Crippen LogP contribution in [0.1, 0.15) is 24.2 Å². The second-order valence-corrected chi connectivity index (χ2v) is 5.52. The molecule has 0 saturated heterocycles. The number of aliphatic hydroxyl groups excluding tert-OH is 1. The zero-order chi connectivity index (χ0) is 14.5. The van der Waals surface area contributed by atoms with Crippen molar-refractivity contribution >= 4 is 11.8 Å². The van der Waals surface area contributed by atoms with Crippen molar-refractivity contribution in [2.24, 2.45) is 0 Å². The summed E-state index contributed by atoms with van der Waals surface area (Å²) in [5.74, 6) is 0.507. The average Bonchev–Trinajstić information content (AvgIpc) is 2.46. The molecule has 0 aromatic heterocycles. The highest BCUT2D eigenvalue weighted by molar-refractivity contribution is 7.98. The van der Waals surface area contributed by atoms with E-state index in [4.69, 9.17) is 4.74 Å². The molecule has 0 bridgehead atoms. The molecule has 0 aliphatic heterocycles. The molecule has 1 atom stereocenters. The van der Waals surface area contributed by atoms with Crippen molar-refractivity contribution in [3.63, 3.8) is 0 Å². The van der Waals surface area contributed by atoms with Crippen molar-refractivity contribution in [1.82, 2.24) is 0 Å². The van der Waals surface area contributed by atoms with E-state index in [2.05, 4.69) is 0 Å². The summed E-state index contributed by atoms with van der Waals surface area (Å²) in [5.41, 5.74) is 1.50. The van der Waals surface area contributed by atoms with Crippen LogP contribution in [0.25, 0.3) is 0 Å². The Bertz CT molecular complexity index is 567. The molecule has 0 radical (unpaired) electrons. The smallest absolute Gasteiger partial charge is 0.169 e. The summed E-state index contributed by atoms with van der Waals surface area (Å²) >= 11 is 1.55. The minimum absolute atomic E-state index is 0.271. The highest BCUT2D eigenvalue weighted by atomic mass is 32.2. The topological polar surface area (TPSA) is 29.5 Å². The van der Waals surface area contributed by atoms with Gasteiger partial charge in [0.1, 0.15) is 0 Å². The Morgan fingerprint density at radius 3 is 2.50 bits per heavy atom. The normalized spacial score (nSPS) is 12.2. The third-order valence-electron chi connectivity index (χ3n) is 3.02. The van der Waals surface area contributed by atoms with Gasteiger partial charge in [0.05, 0.1) is 13.2 Å². The molecule has 1 unspecified atom stereocenters. The lowest BCUT2D eigenvalue weighted by atomic mass is 10.1. The lowest BCUT2D eigenvalue weighted by molar-refractivity contribution is 0.199. The van der Waals surface area contributed by atoms with Gasteiger partial charge in [0.25, 0.3) is 0 Å². The van der Waals surface area contributed by atoms with E-state index in [1.54, 1.807) is 36.9 Å². The molecule has 0 amide bonds. The molecule has 0 saturated carbocycles. The first-order valence-corrected chi connectivity index (χ1v) is 7.32. The van der Waals surface area contributed by atoms with Crippen molar-refractivity contribution in [3.05, 3.63) is 59.4 Å². The number of ether oxygens (including phenoxy) is 1. The van der Waals surface area contributed by atoms with E-state index in [1.165, 1.54) is 7.11 Å². The van der Waals surface area contributed by atoms with Crippen LogP contribution in [-0.2, 0) is 5.75 Å². The summed E-state index contributed by atoms with van der Waals surface area (Å²) in [7, 11) is 1.46. The summed E-state index contributed by atoms with van der Waals surface area (Å²) < 4.78 is 18.9. The van der Waals surface area contributed by atoms with Gasteiger partial charge in [0.2, 0.25) is 0 Å². The average molecular weight is 292 g/mol. The monoisotopic (exact) mass is 292 g/mol. The standard InChI is InChI=1S/C16H17FO2S/c1-11(18)12-6-8-14(9-7-12)20-10-13-4-3-5-15(19-2)16(13)17/h3-9,11,18H,10H2,1-2H3. The summed E-state index contributed by atoms with van der Waals surface area (Å²) in [6.45, 7) is 1.73. The van der Waals surface area contributed by atoms with Gasteiger partial charge in [0, 0.05) is 16.2 Å². The summed E-state index contributed by atoms with van der Waals surface area (Å²) in [5, 5.41) is 9.45. The molecule has 20 heavy (non-hydrogen) atoms. The van der Waals surface area contributed by atoms with Crippen molar-refractivity contribution in [3.8, 4) is 5.75 Å². The van der Waals surface area contributed by atoms with E-state index < -0.39 is 6.10 Å². The first-order chi connectivity index (χ1) is 9.61. The molecule has 0 aliphatic carbocycles. The van der Waals surface area contributed by atoms with Crippen LogP contribution in [0, 0.1) is 5.82 Å². The van der Waals surface area contributed by atoms with Crippen LogP contribution in [0.4, 0.5) is 4.39 Å². The number of thioether (sulfide) groups is 1. The predicted octanol–water partition coefficient (Wildman–Crippen LogP) is 4.18. The van der Waals surface area contributed by atoms with Crippen LogP contribution in [0.2, 0.25) is 0 Å². The maximum atomic E-state index is 14.0. The van der Waals surface area contributed by atoms with Crippen LogP contribution in [0.5, 0.6) is 5.75 Å². The molecule has 2 rings (SSSR count). The van der Waals surface area contributed by atoms with E-state index in [0.29, 0.717) is 11.3 Å². The molecule has 4 heteroatoms. The Kier molecular flexibility index (Phi) is 5.04. The number of methoxy groups -OCH3 is 1. The van der Waals surface area contributed by atoms with Crippen LogP contribution < -0.4 is 4.74 Å². The predicted molar refractivity (Wildman–Crippen MR) is 79.6 cm³/mol. The Balaban J connectivity index is 2.05. The minimum atomic E-state index is -0.468. The fraction of sp³-hybridized carbons (Fsp3) is 0.250. The molecule has 0 fully saturated rings. The molecular weight excluding hydrogens is 275 g/mol. The van der Waals surface area contributed by atoms with E-state index >= 15 is 0 Å². The highest BCUT2D eigenvalue weighted by Crippen LogP contribution is 2.28. The molecule has 0 heterocycles. The third-order valence-corrected chi connectivity index (χ3v) is 4.08. The Morgan fingerprint density at radius 2 is 1.90 bits per heavy atom. The largest absolute Gasteiger partial charge is 0.494 e. The molecule has 0 aliphatic rings. The van der Waals surface area contributed by atoms with Crippen LogP contribution in [-0.4, -0.2) is 12.2 Å². The van der Waals surface area contributed by atoms with Crippen molar-refractivity contribution < 1.29 is 14.2 Å². The molecule has 106 valence electrons. The fourth-order valence-corrected chi connectivity index (χ4v) is 2.70. The number of benzene rings is 2. The molecular formula is C16H17FO2S. The second kappa shape index (κ2) is 6.77. The van der Waals surface area contributed by atoms with Gasteiger partial charge < -0.3 is 9.84 Å². The zero-order valence-electron chi connectivity index (χ0n) is 11.5. The van der Waals surface area contributed by atoms with Gasteiger partial charge in [-0.3, -0.25) is 0 Å². The molecule has 1 N–H and O–H groups in total. The Hall–Kier alpha value is -1.52. The summed E-state index contributed by atoms with van der Waals surface area (Å²) in [4.78, 5) is 1.04. The van der Waals surface area contributed by atoms with Gasteiger partial charge >= 0.3 is 0 Å². The van der Waals surface area contributed by atoms with Gasteiger partial charge in [-0.25, -0.2) is 4.39 Å². The third kappa shape index (κ3) is 3.52. The van der Waals surface area contributed by atoms with Crippen LogP contribution in [0.15, 0.2) is 47.4 Å². The van der Waals surface area contributed by atoms with E-state index in [-0.39, 0.29) is 11.6 Å². The van der Waals surface area contributed by atoms with Crippen LogP contribution >= 0.6 is 11.8 Å². The van der Waals surface area contributed by atoms with Crippen molar-refractivity contribution in [1.29, 1.82) is 0 Å². The quantitative estimate of drug-likeness (QED) is 0.838. The summed E-state index contributed by atoms with van der Waals surface area (Å²) in [6, 6.07) is 12.8. The molecule has 2 aromatic carbocycles. The maximum absolute atomic E-state index is 14.0.